The molecule has 2 rings (SSSR count). The van der Waals surface area contributed by atoms with Crippen LogP contribution in [0.1, 0.15) is 30.8 Å². The Bertz CT molecular complexity index is 768. The Hall–Kier alpha value is -2.67. The molecule has 2 aromatic rings. The van der Waals surface area contributed by atoms with E-state index in [-0.39, 0.29) is 18.5 Å². The van der Waals surface area contributed by atoms with Crippen molar-refractivity contribution in [1.29, 1.82) is 0 Å². The van der Waals surface area contributed by atoms with Crippen LogP contribution in [0.3, 0.4) is 0 Å². The van der Waals surface area contributed by atoms with E-state index in [1.807, 2.05) is 74.7 Å². The van der Waals surface area contributed by atoms with E-state index >= 15 is 0 Å². The Kier molecular flexibility index (Phi) is 6.52. The van der Waals surface area contributed by atoms with Gasteiger partial charge in [-0.15, -0.1) is 0 Å². The van der Waals surface area contributed by atoms with E-state index in [4.69, 9.17) is 0 Å². The summed E-state index contributed by atoms with van der Waals surface area (Å²) in [4.78, 5) is 25.5. The van der Waals surface area contributed by atoms with Gasteiger partial charge in [-0.25, -0.2) is 9.48 Å². The Morgan fingerprint density at radius 3 is 2.46 bits per heavy atom. The zero-order valence-electron chi connectivity index (χ0n) is 16.0. The number of aromatic nitrogens is 2. The number of amides is 3. The van der Waals surface area contributed by atoms with E-state index in [0.717, 1.165) is 22.6 Å². The zero-order chi connectivity index (χ0) is 19.3. The van der Waals surface area contributed by atoms with Crippen molar-refractivity contribution < 1.29 is 9.59 Å². The fraction of sp³-hybridized carbons (Fsp3) is 0.421. The largest absolute Gasteiger partial charge is 0.336 e. The predicted octanol–water partition coefficient (Wildman–Crippen LogP) is 2.16. The first-order chi connectivity index (χ1) is 12.3. The highest BCUT2D eigenvalue weighted by Gasteiger charge is 2.17. The van der Waals surface area contributed by atoms with Crippen molar-refractivity contribution in [2.45, 2.75) is 40.3 Å². The van der Waals surface area contributed by atoms with Crippen molar-refractivity contribution in [3.05, 3.63) is 47.3 Å². The predicted molar refractivity (Wildman–Crippen MR) is 101 cm³/mol. The monoisotopic (exact) mass is 357 g/mol. The lowest BCUT2D eigenvalue weighted by Gasteiger charge is -2.17. The Balaban J connectivity index is 2.01. The fourth-order valence-corrected chi connectivity index (χ4v) is 2.76. The molecule has 3 amide bonds. The number of imide groups is 1. The van der Waals surface area contributed by atoms with Gasteiger partial charge in [-0.2, -0.15) is 5.10 Å². The van der Waals surface area contributed by atoms with Crippen molar-refractivity contribution in [3.63, 3.8) is 0 Å². The van der Waals surface area contributed by atoms with E-state index in [0.29, 0.717) is 6.54 Å². The van der Waals surface area contributed by atoms with Crippen LogP contribution < -0.4 is 10.6 Å². The summed E-state index contributed by atoms with van der Waals surface area (Å²) in [5.74, 6) is -0.337. The molecule has 1 heterocycles. The van der Waals surface area contributed by atoms with Gasteiger partial charge in [0.2, 0.25) is 5.91 Å². The molecule has 0 radical (unpaired) electrons. The first-order valence-electron chi connectivity index (χ1n) is 8.67. The molecule has 0 saturated heterocycles. The number of hydrogen-bond acceptors (Lipinski definition) is 4. The van der Waals surface area contributed by atoms with Gasteiger partial charge in [0.15, 0.2) is 0 Å². The lowest BCUT2D eigenvalue weighted by atomic mass is 10.2. The number of nitrogens with zero attached hydrogens (tertiary/aromatic N) is 3. The van der Waals surface area contributed by atoms with Gasteiger partial charge in [0.25, 0.3) is 0 Å². The number of rotatable bonds is 6. The van der Waals surface area contributed by atoms with E-state index in [1.165, 1.54) is 0 Å². The van der Waals surface area contributed by atoms with E-state index < -0.39 is 6.03 Å². The first kappa shape index (κ1) is 19.7. The van der Waals surface area contributed by atoms with Crippen LogP contribution in [0.4, 0.5) is 4.79 Å². The minimum atomic E-state index is -0.470. The number of carbonyl (C=O) groups is 2. The highest BCUT2D eigenvalue weighted by Crippen LogP contribution is 2.19. The number of benzene rings is 1. The minimum Gasteiger partial charge on any atom is -0.336 e. The van der Waals surface area contributed by atoms with E-state index in [9.17, 15) is 9.59 Å². The third kappa shape index (κ3) is 5.16. The summed E-state index contributed by atoms with van der Waals surface area (Å²) in [6.45, 7) is 8.36. The second kappa shape index (κ2) is 8.62. The summed E-state index contributed by atoms with van der Waals surface area (Å²) in [6, 6.07) is 9.45. The second-order valence-electron chi connectivity index (χ2n) is 6.75. The lowest BCUT2D eigenvalue weighted by molar-refractivity contribution is -0.121. The maximum Gasteiger partial charge on any atom is 0.321 e. The molecule has 0 saturated carbocycles. The summed E-state index contributed by atoms with van der Waals surface area (Å²) in [5.41, 5.74) is 4.05. The van der Waals surface area contributed by atoms with E-state index in [1.54, 1.807) is 0 Å². The SMILES string of the molecule is Cc1nn(-c2ccccc2)c(C)c1CN(C)CC(=O)NC(=O)NC(C)C. The van der Waals surface area contributed by atoms with Gasteiger partial charge in [-0.1, -0.05) is 18.2 Å². The molecule has 1 aromatic carbocycles. The molecular formula is C19H27N5O2. The molecule has 0 atom stereocenters. The molecule has 0 spiro atoms. The van der Waals surface area contributed by atoms with Gasteiger partial charge >= 0.3 is 6.03 Å². The standard InChI is InChI=1S/C19H27N5O2/c1-13(2)20-19(26)21-18(25)12-23(5)11-17-14(3)22-24(15(17)4)16-9-7-6-8-10-16/h6-10,13H,11-12H2,1-5H3,(H2,20,21,25,26). The summed E-state index contributed by atoms with van der Waals surface area (Å²) in [7, 11) is 1.85. The first-order valence-corrected chi connectivity index (χ1v) is 8.67. The average Bonchev–Trinajstić information content (AvgIpc) is 2.82. The molecule has 0 aliphatic heterocycles. The number of hydrogen-bond donors (Lipinski definition) is 2. The number of likely N-dealkylation sites (N-methyl/N-ethyl adjacent to an activating group) is 1. The topological polar surface area (TPSA) is 79.3 Å². The van der Waals surface area contributed by atoms with Crippen LogP contribution in [0.2, 0.25) is 0 Å². The molecule has 0 bridgehead atoms. The number of nitrogens with one attached hydrogen (secondary N) is 2. The molecule has 7 heteroatoms. The molecule has 0 aliphatic carbocycles. The van der Waals surface area contributed by atoms with Crippen LogP contribution in [0.5, 0.6) is 0 Å². The zero-order valence-corrected chi connectivity index (χ0v) is 16.0. The fourth-order valence-electron chi connectivity index (χ4n) is 2.76. The van der Waals surface area contributed by atoms with Gasteiger partial charge in [0.05, 0.1) is 17.9 Å². The van der Waals surface area contributed by atoms with Crippen LogP contribution in [0, 0.1) is 13.8 Å². The van der Waals surface area contributed by atoms with Crippen LogP contribution >= 0.6 is 0 Å². The normalized spacial score (nSPS) is 11.0. The van der Waals surface area contributed by atoms with Crippen molar-refractivity contribution >= 4 is 11.9 Å². The molecule has 7 nitrogen and oxygen atoms in total. The summed E-state index contributed by atoms with van der Waals surface area (Å²) in [5, 5.41) is 9.59. The number of aryl methyl sites for hydroxylation is 1. The molecule has 0 fully saturated rings. The maximum absolute atomic E-state index is 12.0. The highest BCUT2D eigenvalue weighted by atomic mass is 16.2. The van der Waals surface area contributed by atoms with Crippen molar-refractivity contribution in [2.24, 2.45) is 0 Å². The number of carbonyl (C=O) groups excluding carboxylic acids is 2. The van der Waals surface area contributed by atoms with Gasteiger partial charge < -0.3 is 5.32 Å². The molecule has 0 unspecified atom stereocenters. The Morgan fingerprint density at radius 1 is 1.19 bits per heavy atom. The minimum absolute atomic E-state index is 0.0188. The lowest BCUT2D eigenvalue weighted by Crippen LogP contribution is -2.45. The third-order valence-electron chi connectivity index (χ3n) is 3.96. The van der Waals surface area contributed by atoms with Crippen molar-refractivity contribution in [2.75, 3.05) is 13.6 Å². The Labute approximate surface area is 154 Å². The van der Waals surface area contributed by atoms with Gasteiger partial charge in [-0.3, -0.25) is 15.0 Å². The number of urea groups is 1. The molecule has 2 N–H and O–H groups in total. The third-order valence-corrected chi connectivity index (χ3v) is 3.96. The molecule has 26 heavy (non-hydrogen) atoms. The van der Waals surface area contributed by atoms with Crippen molar-refractivity contribution in [3.8, 4) is 5.69 Å². The second-order valence-corrected chi connectivity index (χ2v) is 6.75. The molecule has 140 valence electrons. The van der Waals surface area contributed by atoms with Crippen LogP contribution in [-0.2, 0) is 11.3 Å². The van der Waals surface area contributed by atoms with Crippen LogP contribution in [-0.4, -0.2) is 46.3 Å². The summed E-state index contributed by atoms with van der Waals surface area (Å²) < 4.78 is 1.91. The Morgan fingerprint density at radius 2 is 1.85 bits per heavy atom. The summed E-state index contributed by atoms with van der Waals surface area (Å²) >= 11 is 0. The molecule has 0 aliphatic rings. The van der Waals surface area contributed by atoms with Gasteiger partial charge in [0.1, 0.15) is 0 Å². The highest BCUT2D eigenvalue weighted by molar-refractivity contribution is 5.95. The maximum atomic E-state index is 12.0. The van der Waals surface area contributed by atoms with E-state index in [2.05, 4.69) is 15.7 Å². The van der Waals surface area contributed by atoms with Gasteiger partial charge in [0, 0.05) is 23.8 Å². The van der Waals surface area contributed by atoms with Crippen molar-refractivity contribution in [1.82, 2.24) is 25.3 Å². The number of para-hydroxylation sites is 1. The van der Waals surface area contributed by atoms with Gasteiger partial charge in [-0.05, 0) is 46.9 Å². The molecule has 1 aromatic heterocycles. The van der Waals surface area contributed by atoms with Crippen LogP contribution in [0.15, 0.2) is 30.3 Å². The summed E-state index contributed by atoms with van der Waals surface area (Å²) in [6.07, 6.45) is 0. The molecular weight excluding hydrogens is 330 g/mol. The smallest absolute Gasteiger partial charge is 0.321 e. The average molecular weight is 357 g/mol. The van der Waals surface area contributed by atoms with Crippen LogP contribution in [0.25, 0.3) is 5.69 Å². The quantitative estimate of drug-likeness (QED) is 0.830.